The van der Waals surface area contributed by atoms with Crippen LogP contribution in [0.4, 0.5) is 0 Å². The Bertz CT molecular complexity index is 874. The van der Waals surface area contributed by atoms with Gasteiger partial charge in [-0.2, -0.15) is 0 Å². The summed E-state index contributed by atoms with van der Waals surface area (Å²) < 4.78 is 4.31. The molecule has 0 N–H and O–H groups in total. The van der Waals surface area contributed by atoms with Gasteiger partial charge in [0.15, 0.2) is 0 Å². The predicted octanol–water partition coefficient (Wildman–Crippen LogP) is 3.93. The standard InChI is InChI=1S/C19H17N3/c1-2-8-18-16(7-1)13-17(14-21-9-3-4-10-21)20-19(18)15-22-11-5-6-12-22/h1-13H,14-15H2. The van der Waals surface area contributed by atoms with E-state index in [0.717, 1.165) is 24.5 Å². The third-order valence-electron chi connectivity index (χ3n) is 3.88. The van der Waals surface area contributed by atoms with Gasteiger partial charge in [0.1, 0.15) is 0 Å². The molecule has 0 atom stereocenters. The number of aromatic nitrogens is 3. The number of pyridine rings is 1. The minimum Gasteiger partial charge on any atom is -0.348 e. The molecule has 3 nitrogen and oxygen atoms in total. The van der Waals surface area contributed by atoms with E-state index in [0.29, 0.717) is 0 Å². The molecule has 4 rings (SSSR count). The van der Waals surface area contributed by atoms with E-state index in [2.05, 4.69) is 64.3 Å². The number of fused-ring (bicyclic) bond motifs is 1. The normalized spacial score (nSPS) is 11.1. The van der Waals surface area contributed by atoms with Crippen molar-refractivity contribution in [3.8, 4) is 0 Å². The second kappa shape index (κ2) is 5.53. The Kier molecular flexibility index (Phi) is 3.24. The van der Waals surface area contributed by atoms with E-state index in [9.17, 15) is 0 Å². The molecular formula is C19H17N3. The van der Waals surface area contributed by atoms with E-state index in [1.165, 1.54) is 10.8 Å². The Hall–Kier alpha value is -2.81. The van der Waals surface area contributed by atoms with E-state index < -0.39 is 0 Å². The smallest absolute Gasteiger partial charge is 0.0683 e. The molecule has 108 valence electrons. The summed E-state index contributed by atoms with van der Waals surface area (Å²) in [5.41, 5.74) is 2.22. The predicted molar refractivity (Wildman–Crippen MR) is 88.8 cm³/mol. The second-order valence-electron chi connectivity index (χ2n) is 5.49. The molecule has 0 bridgehead atoms. The molecule has 0 radical (unpaired) electrons. The molecule has 0 aliphatic rings. The number of benzene rings is 1. The van der Waals surface area contributed by atoms with Gasteiger partial charge in [0, 0.05) is 30.2 Å². The maximum atomic E-state index is 4.91. The fourth-order valence-corrected chi connectivity index (χ4v) is 2.84. The van der Waals surface area contributed by atoms with Crippen molar-refractivity contribution in [2.45, 2.75) is 13.1 Å². The Balaban J connectivity index is 1.78. The van der Waals surface area contributed by atoms with Crippen LogP contribution in [-0.4, -0.2) is 14.1 Å². The lowest BCUT2D eigenvalue weighted by atomic mass is 10.1. The highest BCUT2D eigenvalue weighted by molar-refractivity contribution is 5.84. The third kappa shape index (κ3) is 2.53. The maximum Gasteiger partial charge on any atom is 0.0683 e. The van der Waals surface area contributed by atoms with E-state index in [1.54, 1.807) is 0 Å². The van der Waals surface area contributed by atoms with E-state index in [4.69, 9.17) is 4.98 Å². The van der Waals surface area contributed by atoms with Crippen LogP contribution in [0.1, 0.15) is 11.4 Å². The highest BCUT2D eigenvalue weighted by atomic mass is 15.0. The first-order valence-corrected chi connectivity index (χ1v) is 7.47. The number of hydrogen-bond acceptors (Lipinski definition) is 1. The van der Waals surface area contributed by atoms with Gasteiger partial charge in [-0.05, 0) is 35.7 Å². The molecule has 0 amide bonds. The molecule has 0 unspecified atom stereocenters. The van der Waals surface area contributed by atoms with Crippen molar-refractivity contribution in [2.24, 2.45) is 0 Å². The molecule has 0 fully saturated rings. The molecule has 0 saturated heterocycles. The highest BCUT2D eigenvalue weighted by Crippen LogP contribution is 2.20. The molecular weight excluding hydrogens is 270 g/mol. The Morgan fingerprint density at radius 3 is 2.09 bits per heavy atom. The van der Waals surface area contributed by atoms with Crippen LogP contribution in [0.25, 0.3) is 10.8 Å². The average molecular weight is 287 g/mol. The molecule has 0 aliphatic heterocycles. The Labute approximate surface area is 129 Å². The number of nitrogens with zero attached hydrogens (tertiary/aromatic N) is 3. The summed E-state index contributed by atoms with van der Waals surface area (Å²) in [5.74, 6) is 0. The summed E-state index contributed by atoms with van der Waals surface area (Å²) in [4.78, 5) is 4.91. The lowest BCUT2D eigenvalue weighted by Crippen LogP contribution is -2.05. The van der Waals surface area contributed by atoms with Crippen LogP contribution in [0.15, 0.2) is 79.4 Å². The van der Waals surface area contributed by atoms with Crippen LogP contribution >= 0.6 is 0 Å². The first-order valence-electron chi connectivity index (χ1n) is 7.47. The zero-order valence-electron chi connectivity index (χ0n) is 12.3. The second-order valence-corrected chi connectivity index (χ2v) is 5.49. The quantitative estimate of drug-likeness (QED) is 0.557. The van der Waals surface area contributed by atoms with E-state index >= 15 is 0 Å². The molecule has 0 aliphatic carbocycles. The Morgan fingerprint density at radius 1 is 0.727 bits per heavy atom. The number of rotatable bonds is 4. The lowest BCUT2D eigenvalue weighted by Gasteiger charge is -2.11. The molecule has 3 heterocycles. The van der Waals surface area contributed by atoms with Gasteiger partial charge < -0.3 is 9.13 Å². The van der Waals surface area contributed by atoms with Gasteiger partial charge in [-0.25, -0.2) is 0 Å². The van der Waals surface area contributed by atoms with Crippen molar-refractivity contribution < 1.29 is 0 Å². The topological polar surface area (TPSA) is 22.8 Å². The van der Waals surface area contributed by atoms with Gasteiger partial charge in [0.05, 0.1) is 24.5 Å². The van der Waals surface area contributed by atoms with E-state index in [-0.39, 0.29) is 0 Å². The summed E-state index contributed by atoms with van der Waals surface area (Å²) in [6.07, 6.45) is 8.30. The molecule has 3 aromatic heterocycles. The molecule has 0 spiro atoms. The van der Waals surface area contributed by atoms with Crippen LogP contribution in [0.3, 0.4) is 0 Å². The minimum absolute atomic E-state index is 0.799. The first-order chi connectivity index (χ1) is 10.9. The summed E-state index contributed by atoms with van der Waals surface area (Å²) in [5, 5.41) is 2.48. The van der Waals surface area contributed by atoms with Crippen LogP contribution < -0.4 is 0 Å². The molecule has 1 aromatic carbocycles. The molecule has 0 saturated carbocycles. The molecule has 22 heavy (non-hydrogen) atoms. The summed E-state index contributed by atoms with van der Waals surface area (Å²) in [6, 6.07) is 18.8. The van der Waals surface area contributed by atoms with Gasteiger partial charge >= 0.3 is 0 Å². The van der Waals surface area contributed by atoms with Crippen molar-refractivity contribution in [1.29, 1.82) is 0 Å². The van der Waals surface area contributed by atoms with Gasteiger partial charge in [-0.1, -0.05) is 24.3 Å². The van der Waals surface area contributed by atoms with E-state index in [1.807, 2.05) is 24.3 Å². The molecule has 3 heteroatoms. The first kappa shape index (κ1) is 12.9. The van der Waals surface area contributed by atoms with Crippen molar-refractivity contribution >= 4 is 10.8 Å². The van der Waals surface area contributed by atoms with Crippen LogP contribution in [-0.2, 0) is 13.1 Å². The fourth-order valence-electron chi connectivity index (χ4n) is 2.84. The SMILES string of the molecule is c1ccc2c(Cn3cccc3)nc(Cn3cccc3)cc2c1. The Morgan fingerprint density at radius 2 is 1.36 bits per heavy atom. The zero-order valence-corrected chi connectivity index (χ0v) is 12.3. The van der Waals surface area contributed by atoms with Gasteiger partial charge in [-0.3, -0.25) is 4.98 Å². The highest BCUT2D eigenvalue weighted by Gasteiger charge is 2.07. The maximum absolute atomic E-state index is 4.91. The largest absolute Gasteiger partial charge is 0.348 e. The third-order valence-corrected chi connectivity index (χ3v) is 3.88. The van der Waals surface area contributed by atoms with Crippen molar-refractivity contribution in [3.05, 3.63) is 90.8 Å². The van der Waals surface area contributed by atoms with Gasteiger partial charge in [0.25, 0.3) is 0 Å². The van der Waals surface area contributed by atoms with Crippen molar-refractivity contribution in [3.63, 3.8) is 0 Å². The van der Waals surface area contributed by atoms with Gasteiger partial charge in [-0.15, -0.1) is 0 Å². The minimum atomic E-state index is 0.799. The van der Waals surface area contributed by atoms with Gasteiger partial charge in [0.2, 0.25) is 0 Å². The fraction of sp³-hybridized carbons (Fsp3) is 0.105. The van der Waals surface area contributed by atoms with Crippen LogP contribution in [0, 0.1) is 0 Å². The summed E-state index contributed by atoms with van der Waals surface area (Å²) in [6.45, 7) is 1.60. The van der Waals surface area contributed by atoms with Crippen molar-refractivity contribution in [1.82, 2.24) is 14.1 Å². The average Bonchev–Trinajstić information content (AvgIpc) is 3.21. The lowest BCUT2D eigenvalue weighted by molar-refractivity contribution is 0.747. The van der Waals surface area contributed by atoms with Crippen LogP contribution in [0.2, 0.25) is 0 Å². The monoisotopic (exact) mass is 287 g/mol. The summed E-state index contributed by atoms with van der Waals surface area (Å²) in [7, 11) is 0. The molecule has 4 aromatic rings. The van der Waals surface area contributed by atoms with Crippen molar-refractivity contribution in [2.75, 3.05) is 0 Å². The summed E-state index contributed by atoms with van der Waals surface area (Å²) >= 11 is 0. The zero-order chi connectivity index (χ0) is 14.8. The van der Waals surface area contributed by atoms with Crippen LogP contribution in [0.5, 0.6) is 0 Å². The number of hydrogen-bond donors (Lipinski definition) is 0.